The first-order chi connectivity index (χ1) is 20.5. The number of halogens is 2. The number of nitrogens with zero attached hydrogens (tertiary/aromatic N) is 6. The van der Waals surface area contributed by atoms with Crippen LogP contribution in [0.25, 0.3) is 22.0 Å². The van der Waals surface area contributed by atoms with E-state index in [-0.39, 0.29) is 11.9 Å². The Morgan fingerprint density at radius 1 is 1.19 bits per heavy atom. The highest BCUT2D eigenvalue weighted by molar-refractivity contribution is 6.45. The molecule has 1 unspecified atom stereocenters. The summed E-state index contributed by atoms with van der Waals surface area (Å²) >= 11 is 13.7. The van der Waals surface area contributed by atoms with Crippen molar-refractivity contribution in [3.8, 4) is 11.1 Å². The van der Waals surface area contributed by atoms with Crippen molar-refractivity contribution >= 4 is 45.8 Å². The molecule has 10 nitrogen and oxygen atoms in total. The molecule has 1 atom stereocenters. The zero-order valence-electron chi connectivity index (χ0n) is 25.2. The van der Waals surface area contributed by atoms with Crippen molar-refractivity contribution in [1.29, 1.82) is 0 Å². The Bertz CT molecular complexity index is 1520. The molecule has 0 spiro atoms. The Balaban J connectivity index is 1.40. The number of H-pyrrole nitrogens is 1. The monoisotopic (exact) mass is 629 g/mol. The molecule has 3 saturated heterocycles. The van der Waals surface area contributed by atoms with E-state index in [1.807, 2.05) is 4.90 Å². The molecule has 1 amide bonds. The minimum atomic E-state index is -0.814. The van der Waals surface area contributed by atoms with Crippen LogP contribution in [0.4, 0.5) is 5.82 Å². The van der Waals surface area contributed by atoms with Crippen molar-refractivity contribution in [1.82, 2.24) is 29.8 Å². The van der Waals surface area contributed by atoms with Crippen LogP contribution in [-0.2, 0) is 9.53 Å². The smallest absolute Gasteiger partial charge is 0.245 e. The number of anilines is 1. The number of hydrogen-bond donors (Lipinski definition) is 2. The molecule has 3 aliphatic rings. The van der Waals surface area contributed by atoms with Crippen LogP contribution in [0.1, 0.15) is 51.3 Å². The van der Waals surface area contributed by atoms with E-state index in [2.05, 4.69) is 52.0 Å². The molecule has 0 saturated carbocycles. The first kappa shape index (κ1) is 30.4. The zero-order valence-corrected chi connectivity index (χ0v) is 26.7. The first-order valence-corrected chi connectivity index (χ1v) is 15.9. The van der Waals surface area contributed by atoms with Gasteiger partial charge in [-0.2, -0.15) is 10.2 Å². The van der Waals surface area contributed by atoms with Crippen molar-refractivity contribution in [3.05, 3.63) is 40.7 Å². The van der Waals surface area contributed by atoms with Gasteiger partial charge in [-0.05, 0) is 52.2 Å². The molecule has 43 heavy (non-hydrogen) atoms. The first-order valence-electron chi connectivity index (χ1n) is 15.1. The van der Waals surface area contributed by atoms with Gasteiger partial charge in [0.15, 0.2) is 5.82 Å². The number of amides is 1. The molecule has 6 rings (SSSR count). The maximum atomic E-state index is 12.3. The van der Waals surface area contributed by atoms with Gasteiger partial charge in [-0.3, -0.25) is 19.5 Å². The van der Waals surface area contributed by atoms with Crippen molar-refractivity contribution in [3.63, 3.8) is 0 Å². The molecular weight excluding hydrogens is 589 g/mol. The van der Waals surface area contributed by atoms with Crippen LogP contribution in [0.5, 0.6) is 0 Å². The lowest BCUT2D eigenvalue weighted by atomic mass is 9.78. The summed E-state index contributed by atoms with van der Waals surface area (Å²) in [5, 5.41) is 26.3. The number of morpholine rings is 1. The highest BCUT2D eigenvalue weighted by atomic mass is 35.5. The summed E-state index contributed by atoms with van der Waals surface area (Å²) in [6.07, 6.45) is 5.95. The van der Waals surface area contributed by atoms with Crippen LogP contribution in [0.2, 0.25) is 10.0 Å². The fraction of sp³-hybridized carbons (Fsp3) is 0.581. The van der Waals surface area contributed by atoms with Crippen LogP contribution < -0.4 is 4.90 Å². The van der Waals surface area contributed by atoms with Crippen LogP contribution >= 0.6 is 23.2 Å². The highest BCUT2D eigenvalue weighted by Gasteiger charge is 2.46. The second-order valence-corrected chi connectivity index (χ2v) is 13.7. The third-order valence-corrected chi connectivity index (χ3v) is 10.3. The van der Waals surface area contributed by atoms with Crippen molar-refractivity contribution in [2.45, 2.75) is 63.6 Å². The van der Waals surface area contributed by atoms with E-state index in [1.165, 1.54) is 6.08 Å². The molecular formula is C31H41Cl2N7O3. The molecule has 3 aromatic rings. The molecule has 0 aliphatic carbocycles. The summed E-state index contributed by atoms with van der Waals surface area (Å²) in [7, 11) is 0. The van der Waals surface area contributed by atoms with E-state index in [0.29, 0.717) is 62.3 Å². The number of ether oxygens (including phenoxy) is 1. The van der Waals surface area contributed by atoms with E-state index >= 15 is 0 Å². The van der Waals surface area contributed by atoms with Gasteiger partial charge in [0, 0.05) is 73.4 Å². The summed E-state index contributed by atoms with van der Waals surface area (Å²) in [5.74, 6) is 0.789. The molecule has 5 heterocycles. The molecule has 232 valence electrons. The van der Waals surface area contributed by atoms with Crippen molar-refractivity contribution in [2.75, 3.05) is 57.4 Å². The summed E-state index contributed by atoms with van der Waals surface area (Å²) in [6, 6.07) is 1.92. The van der Waals surface area contributed by atoms with Crippen LogP contribution in [0.3, 0.4) is 0 Å². The number of piperidine rings is 2. The Kier molecular flexibility index (Phi) is 8.27. The topological polar surface area (TPSA) is 103 Å². The van der Waals surface area contributed by atoms with Gasteiger partial charge in [-0.1, -0.05) is 29.8 Å². The maximum absolute atomic E-state index is 12.3. The number of likely N-dealkylation sites (tertiary alicyclic amines) is 1. The molecule has 12 heteroatoms. The van der Waals surface area contributed by atoms with E-state index < -0.39 is 11.1 Å². The number of carbonyl (C=O) groups is 1. The number of hydrogen-bond acceptors (Lipinski definition) is 7. The highest BCUT2D eigenvalue weighted by Crippen LogP contribution is 2.48. The van der Waals surface area contributed by atoms with E-state index in [0.717, 1.165) is 59.5 Å². The number of fused-ring (bicyclic) bond motifs is 1. The fourth-order valence-corrected chi connectivity index (χ4v) is 7.85. The number of aromatic amines is 1. The minimum Gasteiger partial charge on any atom is -0.388 e. The lowest BCUT2D eigenvalue weighted by Gasteiger charge is -2.51. The second kappa shape index (κ2) is 11.7. The number of carbonyl (C=O) groups excluding carboxylic acids is 1. The molecule has 0 bridgehead atoms. The second-order valence-electron chi connectivity index (χ2n) is 12.9. The molecule has 2 aromatic heterocycles. The number of benzene rings is 1. The predicted molar refractivity (Wildman–Crippen MR) is 170 cm³/mol. The van der Waals surface area contributed by atoms with E-state index in [9.17, 15) is 9.90 Å². The van der Waals surface area contributed by atoms with Gasteiger partial charge in [0.2, 0.25) is 5.91 Å². The van der Waals surface area contributed by atoms with E-state index in [1.54, 1.807) is 12.3 Å². The van der Waals surface area contributed by atoms with Gasteiger partial charge < -0.3 is 19.6 Å². The van der Waals surface area contributed by atoms with Crippen LogP contribution in [0.15, 0.2) is 24.9 Å². The number of rotatable bonds is 6. The third kappa shape index (κ3) is 5.68. The largest absolute Gasteiger partial charge is 0.388 e. The Morgan fingerprint density at radius 2 is 1.91 bits per heavy atom. The molecule has 3 aliphatic heterocycles. The minimum absolute atomic E-state index is 0.0373. The lowest BCUT2D eigenvalue weighted by molar-refractivity contribution is -0.127. The van der Waals surface area contributed by atoms with Gasteiger partial charge in [0.1, 0.15) is 0 Å². The molecule has 1 aromatic carbocycles. The number of β-amino-alcohol motifs (C(OH)–C–C–N with tert-alkyl or cyclic N) is 1. The zero-order chi connectivity index (χ0) is 30.5. The fourth-order valence-electron chi connectivity index (χ4n) is 7.39. The van der Waals surface area contributed by atoms with Gasteiger partial charge in [0.05, 0.1) is 46.6 Å². The summed E-state index contributed by atoms with van der Waals surface area (Å²) < 4.78 is 7.65. The summed E-state index contributed by atoms with van der Waals surface area (Å²) in [5.41, 5.74) is 2.30. The van der Waals surface area contributed by atoms with Gasteiger partial charge in [0.25, 0.3) is 0 Å². The third-order valence-electron chi connectivity index (χ3n) is 9.49. The van der Waals surface area contributed by atoms with Crippen molar-refractivity contribution in [2.24, 2.45) is 0 Å². The quantitative estimate of drug-likeness (QED) is 0.376. The summed E-state index contributed by atoms with van der Waals surface area (Å²) in [4.78, 5) is 18.7. The Labute approximate surface area is 262 Å². The molecule has 0 radical (unpaired) electrons. The average molecular weight is 631 g/mol. The number of aromatic nitrogens is 4. The Hall–Kier alpha value is -2.63. The molecule has 2 N–H and O–H groups in total. The summed E-state index contributed by atoms with van der Waals surface area (Å²) in [6.45, 7) is 15.7. The average Bonchev–Trinajstić information content (AvgIpc) is 3.57. The lowest BCUT2D eigenvalue weighted by Crippen LogP contribution is -2.60. The van der Waals surface area contributed by atoms with Gasteiger partial charge in [-0.25, -0.2) is 0 Å². The maximum Gasteiger partial charge on any atom is 0.245 e. The van der Waals surface area contributed by atoms with E-state index in [4.69, 9.17) is 33.0 Å². The Morgan fingerprint density at radius 3 is 2.58 bits per heavy atom. The number of nitrogens with one attached hydrogen (secondary N) is 1. The standard InChI is InChI=1S/C31H41Cl2N7O3/c1-5-25(41)38-9-6-21(7-10-38)40-20(2)26(27-22-17-34-35-24(22)16-23(32)28(27)33)29(36-40)39-11-8-31(42,18-30(39,3)4)19-37-12-14-43-15-13-37/h5,16-17,21,42H,1,6-15,18-19H2,2-4H3,(H,34,35). The molecule has 3 fully saturated rings. The number of aliphatic hydroxyl groups is 1. The van der Waals surface area contributed by atoms with Gasteiger partial charge >= 0.3 is 0 Å². The van der Waals surface area contributed by atoms with Crippen molar-refractivity contribution < 1.29 is 14.6 Å². The van der Waals surface area contributed by atoms with Crippen LogP contribution in [0, 0.1) is 6.92 Å². The normalized spacial score (nSPS) is 23.7. The van der Waals surface area contributed by atoms with Crippen LogP contribution in [-0.4, -0.2) is 104 Å². The van der Waals surface area contributed by atoms with Gasteiger partial charge in [-0.15, -0.1) is 0 Å². The SMILES string of the molecule is C=CC(=O)N1CCC(n2nc(N3CCC(O)(CN4CCOCC4)CC3(C)C)c(-c3c(Cl)c(Cl)cc4[nH]ncc34)c2C)CC1. The predicted octanol–water partition coefficient (Wildman–Crippen LogP) is 4.83.